The van der Waals surface area contributed by atoms with Gasteiger partial charge >= 0.3 is 0 Å². The van der Waals surface area contributed by atoms with Gasteiger partial charge in [-0.15, -0.1) is 12.4 Å². The first kappa shape index (κ1) is 18.9. The average Bonchev–Trinajstić information content (AvgIpc) is 2.46. The van der Waals surface area contributed by atoms with Crippen LogP contribution in [-0.2, 0) is 4.79 Å². The van der Waals surface area contributed by atoms with Crippen LogP contribution in [0.15, 0.2) is 24.3 Å². The van der Waals surface area contributed by atoms with Crippen molar-refractivity contribution in [2.45, 2.75) is 37.8 Å². The van der Waals surface area contributed by atoms with Crippen molar-refractivity contribution in [2.24, 2.45) is 5.92 Å². The smallest absolute Gasteiger partial charge is 0.222 e. The summed E-state index contributed by atoms with van der Waals surface area (Å²) in [6.45, 7) is 1.01. The second-order valence-electron chi connectivity index (χ2n) is 6.22. The van der Waals surface area contributed by atoms with E-state index in [-0.39, 0.29) is 24.4 Å². The number of rotatable bonds is 5. The molecule has 1 aromatic carbocycles. The van der Waals surface area contributed by atoms with Crippen molar-refractivity contribution in [1.82, 2.24) is 10.6 Å². The lowest BCUT2D eigenvalue weighted by molar-refractivity contribution is -0.122. The molecule has 23 heavy (non-hydrogen) atoms. The van der Waals surface area contributed by atoms with Gasteiger partial charge in [-0.05, 0) is 36.5 Å². The summed E-state index contributed by atoms with van der Waals surface area (Å²) in [5.74, 6) is 2.90. The first-order chi connectivity index (χ1) is 10.7. The summed E-state index contributed by atoms with van der Waals surface area (Å²) in [6, 6.07) is 8.35. The Morgan fingerprint density at radius 2 is 2.09 bits per heavy atom. The van der Waals surface area contributed by atoms with E-state index in [2.05, 4.69) is 10.6 Å². The van der Waals surface area contributed by atoms with Crippen LogP contribution in [0.3, 0.4) is 0 Å². The van der Waals surface area contributed by atoms with Gasteiger partial charge in [-0.25, -0.2) is 0 Å². The first-order valence-corrected chi connectivity index (χ1v) is 9.61. The molecule has 128 valence electrons. The fourth-order valence-corrected chi connectivity index (χ4v) is 4.20. The zero-order valence-corrected chi connectivity index (χ0v) is 15.5. The molecule has 0 aromatic heterocycles. The minimum absolute atomic E-state index is 0. The van der Waals surface area contributed by atoms with Crippen LogP contribution in [-0.4, -0.2) is 30.0 Å². The molecular weight excluding hydrogens is 351 g/mol. The summed E-state index contributed by atoms with van der Waals surface area (Å²) in [4.78, 5) is 12.4. The van der Waals surface area contributed by atoms with Crippen molar-refractivity contribution in [3.8, 4) is 0 Å². The highest BCUT2D eigenvalue weighted by atomic mass is 35.5. The second kappa shape index (κ2) is 9.16. The largest absolute Gasteiger partial charge is 0.349 e. The molecule has 2 fully saturated rings. The number of thioether (sulfide) groups is 1. The minimum Gasteiger partial charge on any atom is -0.349 e. The summed E-state index contributed by atoms with van der Waals surface area (Å²) in [5, 5.41) is 7.44. The molecule has 1 saturated heterocycles. The summed E-state index contributed by atoms with van der Waals surface area (Å²) in [7, 11) is 0. The lowest BCUT2D eigenvalue weighted by Crippen LogP contribution is -2.43. The molecule has 3 nitrogen and oxygen atoms in total. The quantitative estimate of drug-likeness (QED) is 0.822. The normalized spacial score (nSPS) is 22.6. The lowest BCUT2D eigenvalue weighted by Gasteiger charge is -2.35. The molecule has 2 N–H and O–H groups in total. The third-order valence-electron chi connectivity index (χ3n) is 4.60. The van der Waals surface area contributed by atoms with Crippen molar-refractivity contribution in [3.63, 3.8) is 0 Å². The number of carbonyl (C=O) groups is 1. The van der Waals surface area contributed by atoms with Crippen molar-refractivity contribution < 1.29 is 4.79 Å². The van der Waals surface area contributed by atoms with E-state index < -0.39 is 0 Å². The molecule has 1 aliphatic carbocycles. The molecule has 1 heterocycles. The van der Waals surface area contributed by atoms with Gasteiger partial charge in [-0.1, -0.05) is 30.2 Å². The Morgan fingerprint density at radius 3 is 2.65 bits per heavy atom. The van der Waals surface area contributed by atoms with E-state index in [1.54, 1.807) is 0 Å². The van der Waals surface area contributed by atoms with Gasteiger partial charge < -0.3 is 10.6 Å². The zero-order valence-electron chi connectivity index (χ0n) is 13.1. The van der Waals surface area contributed by atoms with Crippen LogP contribution in [0, 0.1) is 5.92 Å². The molecule has 2 unspecified atom stereocenters. The number of amides is 1. The standard InChI is InChI=1S/C17H23ClN2OS.ClH/c18-14-6-4-13(5-7-14)17(12-2-1-3-12)20-16(21)10-15-11-22-9-8-19-15;/h4-7,12,15,17,19H,1-3,8-11H2,(H,20,21);1H. The molecular formula is C17H24Cl2N2OS. The fourth-order valence-electron chi connectivity index (χ4n) is 3.12. The summed E-state index contributed by atoms with van der Waals surface area (Å²) < 4.78 is 0. The predicted molar refractivity (Wildman–Crippen MR) is 101 cm³/mol. The van der Waals surface area contributed by atoms with E-state index in [1.165, 1.54) is 24.8 Å². The molecule has 6 heteroatoms. The van der Waals surface area contributed by atoms with Crippen molar-refractivity contribution in [3.05, 3.63) is 34.9 Å². The van der Waals surface area contributed by atoms with Crippen LogP contribution in [0.1, 0.15) is 37.3 Å². The van der Waals surface area contributed by atoms with Crippen LogP contribution in [0.5, 0.6) is 0 Å². The average molecular weight is 375 g/mol. The minimum atomic E-state index is 0. The molecule has 0 bridgehead atoms. The van der Waals surface area contributed by atoms with Crippen LogP contribution >= 0.6 is 35.8 Å². The Kier molecular flexibility index (Phi) is 7.54. The van der Waals surface area contributed by atoms with Gasteiger partial charge in [0, 0.05) is 35.5 Å². The van der Waals surface area contributed by atoms with Crippen molar-refractivity contribution in [1.29, 1.82) is 0 Å². The van der Waals surface area contributed by atoms with Gasteiger partial charge in [-0.3, -0.25) is 4.79 Å². The third-order valence-corrected chi connectivity index (χ3v) is 5.98. The summed E-state index contributed by atoms with van der Waals surface area (Å²) in [5.41, 5.74) is 1.17. The molecule has 1 amide bonds. The Hall–Kier alpha value is -0.420. The number of hydrogen-bond donors (Lipinski definition) is 2. The molecule has 1 aliphatic heterocycles. The second-order valence-corrected chi connectivity index (χ2v) is 7.80. The molecule has 0 radical (unpaired) electrons. The highest BCUT2D eigenvalue weighted by molar-refractivity contribution is 7.99. The molecule has 0 spiro atoms. The Bertz CT molecular complexity index is 502. The Morgan fingerprint density at radius 1 is 1.35 bits per heavy atom. The summed E-state index contributed by atoms with van der Waals surface area (Å²) >= 11 is 7.91. The molecule has 1 aromatic rings. The van der Waals surface area contributed by atoms with Crippen molar-refractivity contribution >= 4 is 41.7 Å². The number of carbonyl (C=O) groups excluding carboxylic acids is 1. The van der Waals surface area contributed by atoms with Gasteiger partial charge in [0.15, 0.2) is 0 Å². The summed E-state index contributed by atoms with van der Waals surface area (Å²) in [6.07, 6.45) is 4.24. The molecule has 1 saturated carbocycles. The van der Waals surface area contributed by atoms with E-state index >= 15 is 0 Å². The van der Waals surface area contributed by atoms with Gasteiger partial charge in [0.1, 0.15) is 0 Å². The van der Waals surface area contributed by atoms with Crippen molar-refractivity contribution in [2.75, 3.05) is 18.1 Å². The number of hydrogen-bond acceptors (Lipinski definition) is 3. The van der Waals surface area contributed by atoms with E-state index in [4.69, 9.17) is 11.6 Å². The van der Waals surface area contributed by atoms with Crippen LogP contribution in [0.4, 0.5) is 0 Å². The van der Waals surface area contributed by atoms with E-state index in [0.717, 1.165) is 23.1 Å². The maximum atomic E-state index is 12.4. The van der Waals surface area contributed by atoms with Gasteiger partial charge in [0.2, 0.25) is 5.91 Å². The Balaban J connectivity index is 0.00000192. The highest BCUT2D eigenvalue weighted by Crippen LogP contribution is 2.38. The van der Waals surface area contributed by atoms with E-state index in [1.807, 2.05) is 36.0 Å². The molecule has 2 atom stereocenters. The molecule has 2 aliphatic rings. The number of benzene rings is 1. The van der Waals surface area contributed by atoms with Gasteiger partial charge in [-0.2, -0.15) is 11.8 Å². The predicted octanol–water partition coefficient (Wildman–Crippen LogP) is 3.81. The highest BCUT2D eigenvalue weighted by Gasteiger charge is 2.30. The van der Waals surface area contributed by atoms with Crippen LogP contribution < -0.4 is 10.6 Å². The third kappa shape index (κ3) is 5.28. The maximum Gasteiger partial charge on any atom is 0.222 e. The van der Waals surface area contributed by atoms with Gasteiger partial charge in [0.05, 0.1) is 6.04 Å². The number of halogens is 2. The van der Waals surface area contributed by atoms with Crippen LogP contribution in [0.25, 0.3) is 0 Å². The van der Waals surface area contributed by atoms with E-state index in [9.17, 15) is 4.79 Å². The number of nitrogens with one attached hydrogen (secondary N) is 2. The SMILES string of the molecule is Cl.O=C(CC1CSCCN1)NC(c1ccc(Cl)cc1)C1CCC1. The fraction of sp³-hybridized carbons (Fsp3) is 0.588. The van der Waals surface area contributed by atoms with Crippen LogP contribution in [0.2, 0.25) is 5.02 Å². The molecule has 3 rings (SSSR count). The Labute approximate surface area is 153 Å². The monoisotopic (exact) mass is 374 g/mol. The zero-order chi connectivity index (χ0) is 15.4. The lowest BCUT2D eigenvalue weighted by atomic mass is 9.77. The first-order valence-electron chi connectivity index (χ1n) is 8.08. The van der Waals surface area contributed by atoms with Gasteiger partial charge in [0.25, 0.3) is 0 Å². The topological polar surface area (TPSA) is 41.1 Å². The van der Waals surface area contributed by atoms with E-state index in [0.29, 0.717) is 18.4 Å². The maximum absolute atomic E-state index is 12.4.